The smallest absolute Gasteiger partial charge is 0.196 e. The first kappa shape index (κ1) is 15.8. The molecule has 22 heavy (non-hydrogen) atoms. The predicted octanol–water partition coefficient (Wildman–Crippen LogP) is 4.45. The number of rotatable bonds is 2. The van der Waals surface area contributed by atoms with Crippen LogP contribution < -0.4 is 5.43 Å². The maximum Gasteiger partial charge on any atom is 0.196 e. The summed E-state index contributed by atoms with van der Waals surface area (Å²) in [5, 5.41) is 1.06. The van der Waals surface area contributed by atoms with E-state index in [0.29, 0.717) is 27.3 Å². The zero-order chi connectivity index (χ0) is 15.5. The molecular weight excluding hydrogens is 338 g/mol. The molecule has 2 heterocycles. The minimum Gasteiger partial charge on any atom is -0.464 e. The molecule has 3 nitrogen and oxygen atoms in total. The largest absolute Gasteiger partial charge is 0.464 e. The Morgan fingerprint density at radius 3 is 2.86 bits per heavy atom. The van der Waals surface area contributed by atoms with Gasteiger partial charge in [-0.15, -0.1) is 0 Å². The molecule has 3 rings (SSSR count). The molecule has 0 N–H and O–H groups in total. The molecule has 0 atom stereocenters. The molecule has 116 valence electrons. The van der Waals surface area contributed by atoms with Gasteiger partial charge in [-0.25, -0.2) is 0 Å². The van der Waals surface area contributed by atoms with Gasteiger partial charge in [0.05, 0.1) is 11.6 Å². The van der Waals surface area contributed by atoms with Crippen LogP contribution in [0.4, 0.5) is 0 Å². The number of hydrogen-bond donors (Lipinski definition) is 0. The van der Waals surface area contributed by atoms with Gasteiger partial charge in [0.15, 0.2) is 5.43 Å². The van der Waals surface area contributed by atoms with Gasteiger partial charge in [0.1, 0.15) is 9.90 Å². The van der Waals surface area contributed by atoms with Gasteiger partial charge < -0.3 is 9.32 Å². The molecule has 1 aromatic carbocycles. The van der Waals surface area contributed by atoms with E-state index in [0.717, 1.165) is 17.4 Å². The van der Waals surface area contributed by atoms with Crippen LogP contribution in [0.1, 0.15) is 24.8 Å². The van der Waals surface area contributed by atoms with Crippen molar-refractivity contribution in [2.24, 2.45) is 0 Å². The summed E-state index contributed by atoms with van der Waals surface area (Å²) in [6.07, 6.45) is 5.19. The van der Waals surface area contributed by atoms with Gasteiger partial charge in [0, 0.05) is 29.4 Å². The number of piperidine rings is 1. The monoisotopic (exact) mass is 353 g/mol. The average molecular weight is 354 g/mol. The van der Waals surface area contributed by atoms with Crippen molar-refractivity contribution < 1.29 is 4.42 Å². The first-order valence-corrected chi connectivity index (χ1v) is 9.04. The number of thioether (sulfide) groups is 1. The van der Waals surface area contributed by atoms with E-state index in [9.17, 15) is 4.79 Å². The van der Waals surface area contributed by atoms with Crippen LogP contribution in [-0.2, 0) is 5.75 Å². The van der Waals surface area contributed by atoms with E-state index in [1.165, 1.54) is 37.3 Å². The van der Waals surface area contributed by atoms with E-state index in [4.69, 9.17) is 28.2 Å². The number of likely N-dealkylation sites (tertiary alicyclic amines) is 1. The third-order valence-electron chi connectivity index (χ3n) is 3.77. The molecule has 0 unspecified atom stereocenters. The lowest BCUT2D eigenvalue weighted by molar-refractivity contribution is 0.352. The van der Waals surface area contributed by atoms with Crippen LogP contribution in [0.15, 0.2) is 33.7 Å². The molecule has 1 aromatic heterocycles. The molecule has 0 bridgehead atoms. The summed E-state index contributed by atoms with van der Waals surface area (Å²) >= 11 is 13.0. The normalized spacial score (nSPS) is 15.2. The minimum absolute atomic E-state index is 0.0299. The fourth-order valence-electron chi connectivity index (χ4n) is 2.55. The minimum atomic E-state index is -0.0299. The number of hydrogen-bond acceptors (Lipinski definition) is 4. The number of fused-ring (bicyclic) bond motifs is 1. The lowest BCUT2D eigenvalue weighted by Crippen LogP contribution is -2.32. The second-order valence-electron chi connectivity index (χ2n) is 5.33. The Balaban J connectivity index is 1.75. The average Bonchev–Trinajstić information content (AvgIpc) is 2.55. The van der Waals surface area contributed by atoms with Crippen LogP contribution in [-0.4, -0.2) is 22.3 Å². The van der Waals surface area contributed by atoms with Crippen LogP contribution in [0.5, 0.6) is 0 Å². The Bertz CT molecular complexity index is 753. The first-order chi connectivity index (χ1) is 10.6. The molecule has 0 spiro atoms. The van der Waals surface area contributed by atoms with Gasteiger partial charge >= 0.3 is 0 Å². The summed E-state index contributed by atoms with van der Waals surface area (Å²) in [6.45, 7) is 2.04. The number of nitrogens with zero attached hydrogens (tertiary/aromatic N) is 1. The van der Waals surface area contributed by atoms with E-state index in [1.54, 1.807) is 18.2 Å². The van der Waals surface area contributed by atoms with Crippen LogP contribution in [0, 0.1) is 0 Å². The molecular formula is C16H16ClNO2S2. The third kappa shape index (κ3) is 3.47. The second-order valence-corrected chi connectivity index (χ2v) is 7.38. The highest BCUT2D eigenvalue weighted by Crippen LogP contribution is 2.21. The van der Waals surface area contributed by atoms with E-state index in [-0.39, 0.29) is 5.43 Å². The molecule has 0 aliphatic carbocycles. The van der Waals surface area contributed by atoms with Gasteiger partial charge in [-0.05, 0) is 37.5 Å². The van der Waals surface area contributed by atoms with Gasteiger partial charge in [-0.3, -0.25) is 4.79 Å². The maximum atomic E-state index is 12.5. The summed E-state index contributed by atoms with van der Waals surface area (Å²) in [5.41, 5.74) is 1.15. The van der Waals surface area contributed by atoms with Crippen LogP contribution >= 0.6 is 35.6 Å². The van der Waals surface area contributed by atoms with E-state index in [1.807, 2.05) is 0 Å². The van der Waals surface area contributed by atoms with Gasteiger partial charge in [0.2, 0.25) is 0 Å². The molecule has 1 aliphatic heterocycles. The SMILES string of the molecule is O=c1c(CSC(=S)N2CCCCC2)coc2ccc(Cl)cc12. The fourth-order valence-corrected chi connectivity index (χ4v) is 3.93. The molecule has 1 saturated heterocycles. The van der Waals surface area contributed by atoms with Gasteiger partial charge in [-0.1, -0.05) is 35.6 Å². The molecule has 0 saturated carbocycles. The van der Waals surface area contributed by atoms with E-state index in [2.05, 4.69) is 4.90 Å². The van der Waals surface area contributed by atoms with Crippen LogP contribution in [0.2, 0.25) is 5.02 Å². The molecule has 1 aliphatic rings. The fraction of sp³-hybridized carbons (Fsp3) is 0.375. The number of benzene rings is 1. The number of halogens is 1. The van der Waals surface area contributed by atoms with Crippen molar-refractivity contribution in [2.45, 2.75) is 25.0 Å². The molecule has 0 radical (unpaired) electrons. The predicted molar refractivity (Wildman–Crippen MR) is 96.8 cm³/mol. The lowest BCUT2D eigenvalue weighted by atomic mass is 10.1. The Kier molecular flexibility index (Phi) is 5.06. The highest BCUT2D eigenvalue weighted by atomic mass is 35.5. The van der Waals surface area contributed by atoms with E-state index >= 15 is 0 Å². The summed E-state index contributed by atoms with van der Waals surface area (Å²) in [5.74, 6) is 0.528. The molecule has 2 aromatic rings. The first-order valence-electron chi connectivity index (χ1n) is 7.27. The van der Waals surface area contributed by atoms with Crippen molar-refractivity contribution >= 4 is 50.9 Å². The van der Waals surface area contributed by atoms with Gasteiger partial charge in [0.25, 0.3) is 0 Å². The third-order valence-corrected chi connectivity index (χ3v) is 5.58. The quantitative estimate of drug-likeness (QED) is 0.745. The van der Waals surface area contributed by atoms with Crippen molar-refractivity contribution in [3.8, 4) is 0 Å². The highest BCUT2D eigenvalue weighted by Gasteiger charge is 2.15. The topological polar surface area (TPSA) is 33.5 Å². The Morgan fingerprint density at radius 2 is 2.09 bits per heavy atom. The summed E-state index contributed by atoms with van der Waals surface area (Å²) < 4.78 is 6.39. The standard InChI is InChI=1S/C16H16ClNO2S2/c17-12-4-5-14-13(8-12)15(19)11(9-20-14)10-22-16(21)18-6-2-1-3-7-18/h4-5,8-9H,1-3,6-7,10H2. The zero-order valence-electron chi connectivity index (χ0n) is 12.0. The van der Waals surface area contributed by atoms with Gasteiger partial charge in [-0.2, -0.15) is 0 Å². The zero-order valence-corrected chi connectivity index (χ0v) is 14.4. The summed E-state index contributed by atoms with van der Waals surface area (Å²) in [7, 11) is 0. The van der Waals surface area contributed by atoms with Crippen LogP contribution in [0.3, 0.4) is 0 Å². The van der Waals surface area contributed by atoms with Crippen molar-refractivity contribution in [1.29, 1.82) is 0 Å². The van der Waals surface area contributed by atoms with Crippen LogP contribution in [0.25, 0.3) is 11.0 Å². The highest BCUT2D eigenvalue weighted by molar-refractivity contribution is 8.22. The Hall–Kier alpha value is -1.04. The van der Waals surface area contributed by atoms with E-state index < -0.39 is 0 Å². The number of thiocarbonyl (C=S) groups is 1. The Morgan fingerprint density at radius 1 is 1.32 bits per heavy atom. The molecule has 6 heteroatoms. The molecule has 0 amide bonds. The summed E-state index contributed by atoms with van der Waals surface area (Å²) in [6, 6.07) is 5.08. The van der Waals surface area contributed by atoms with Crippen molar-refractivity contribution in [2.75, 3.05) is 13.1 Å². The van der Waals surface area contributed by atoms with Crippen molar-refractivity contribution in [3.05, 3.63) is 45.3 Å². The van der Waals surface area contributed by atoms with Crippen molar-refractivity contribution in [1.82, 2.24) is 4.90 Å². The maximum absolute atomic E-state index is 12.5. The van der Waals surface area contributed by atoms with Crippen molar-refractivity contribution in [3.63, 3.8) is 0 Å². The second kappa shape index (κ2) is 7.02. The lowest BCUT2D eigenvalue weighted by Gasteiger charge is -2.28. The molecule has 1 fully saturated rings. The summed E-state index contributed by atoms with van der Waals surface area (Å²) in [4.78, 5) is 14.7. The Labute approximate surface area is 143 Å².